The number of halogens is 4. The number of anilines is 3. The first-order valence-corrected chi connectivity index (χ1v) is 8.39. The molecule has 0 spiro atoms. The van der Waals surface area contributed by atoms with Crippen molar-refractivity contribution in [2.45, 2.75) is 6.18 Å². The number of piperazine rings is 1. The molecule has 148 valence electrons. The summed E-state index contributed by atoms with van der Waals surface area (Å²) in [4.78, 5) is 22.7. The van der Waals surface area contributed by atoms with Crippen LogP contribution in [-0.2, 0) is 11.0 Å². The first-order valence-electron chi connectivity index (χ1n) is 8.39. The molecule has 2 aromatic heterocycles. The van der Waals surface area contributed by atoms with Crippen molar-refractivity contribution in [2.75, 3.05) is 36.4 Å². The molecule has 10 heteroatoms. The highest BCUT2D eigenvalue weighted by molar-refractivity contribution is 5.90. The zero-order valence-electron chi connectivity index (χ0n) is 14.7. The van der Waals surface area contributed by atoms with Gasteiger partial charge in [0.1, 0.15) is 5.69 Å². The van der Waals surface area contributed by atoms with E-state index < -0.39 is 23.6 Å². The maximum atomic E-state index is 13.0. The Morgan fingerprint density at radius 3 is 2.39 bits per heavy atom. The molecule has 6 nitrogen and oxygen atoms in total. The van der Waals surface area contributed by atoms with E-state index in [0.717, 1.165) is 12.3 Å². The predicted molar refractivity (Wildman–Crippen MR) is 95.8 cm³/mol. The number of nitrogens with zero attached hydrogens (tertiary/aromatic N) is 4. The topological polar surface area (TPSA) is 61.4 Å². The zero-order valence-corrected chi connectivity index (χ0v) is 14.7. The Hall–Kier alpha value is -3.17. The van der Waals surface area contributed by atoms with Gasteiger partial charge in [-0.3, -0.25) is 4.79 Å². The number of alkyl halides is 3. The SMILES string of the molecule is C=C(F)C(=O)N1CCN(c2cccnc2Nc2ccc(C(F)(F)F)nc2)CC1. The summed E-state index contributed by atoms with van der Waals surface area (Å²) in [6, 6.07) is 5.70. The zero-order chi connectivity index (χ0) is 20.3. The molecule has 3 rings (SSSR count). The van der Waals surface area contributed by atoms with Gasteiger partial charge in [-0.25, -0.2) is 14.4 Å². The Labute approximate surface area is 158 Å². The van der Waals surface area contributed by atoms with E-state index in [2.05, 4.69) is 21.9 Å². The molecule has 0 aromatic carbocycles. The fraction of sp³-hybridized carbons (Fsp3) is 0.278. The Kier molecular flexibility index (Phi) is 5.48. The van der Waals surface area contributed by atoms with Gasteiger partial charge in [0.15, 0.2) is 11.6 Å². The quantitative estimate of drug-likeness (QED) is 0.635. The summed E-state index contributed by atoms with van der Waals surface area (Å²) >= 11 is 0. The van der Waals surface area contributed by atoms with Gasteiger partial charge in [0.2, 0.25) is 0 Å². The third kappa shape index (κ3) is 4.38. The highest BCUT2D eigenvalue weighted by Crippen LogP contribution is 2.30. The Morgan fingerprint density at radius 2 is 1.82 bits per heavy atom. The number of aromatic nitrogens is 2. The number of amides is 1. The smallest absolute Gasteiger partial charge is 0.365 e. The number of hydrogen-bond acceptors (Lipinski definition) is 5. The molecule has 1 fully saturated rings. The number of rotatable bonds is 4. The third-order valence-corrected chi connectivity index (χ3v) is 4.24. The largest absolute Gasteiger partial charge is 0.433 e. The van der Waals surface area contributed by atoms with Gasteiger partial charge in [-0.1, -0.05) is 6.58 Å². The molecule has 28 heavy (non-hydrogen) atoms. The van der Waals surface area contributed by atoms with Crippen LogP contribution in [0.25, 0.3) is 0 Å². The van der Waals surface area contributed by atoms with E-state index in [0.29, 0.717) is 43.4 Å². The molecule has 2 aromatic rings. The van der Waals surface area contributed by atoms with Gasteiger partial charge < -0.3 is 15.1 Å². The molecule has 0 radical (unpaired) electrons. The summed E-state index contributed by atoms with van der Waals surface area (Å²) in [6.45, 7) is 4.55. The highest BCUT2D eigenvalue weighted by Gasteiger charge is 2.32. The van der Waals surface area contributed by atoms with Crippen molar-refractivity contribution in [3.8, 4) is 0 Å². The van der Waals surface area contributed by atoms with Crippen LogP contribution >= 0.6 is 0 Å². The minimum absolute atomic E-state index is 0.317. The van der Waals surface area contributed by atoms with E-state index >= 15 is 0 Å². The third-order valence-electron chi connectivity index (χ3n) is 4.24. The number of carbonyl (C=O) groups excluding carboxylic acids is 1. The molecular formula is C18H17F4N5O. The standard InChI is InChI=1S/C18H17F4N5O/c1-12(19)17(28)27-9-7-26(8-10-27)14-3-2-6-23-16(14)25-13-4-5-15(24-11-13)18(20,21)22/h2-6,11H,1,7-10H2,(H,23,25). The van der Waals surface area contributed by atoms with Crippen molar-refractivity contribution >= 4 is 23.1 Å². The summed E-state index contributed by atoms with van der Waals surface area (Å²) < 4.78 is 50.9. The summed E-state index contributed by atoms with van der Waals surface area (Å²) in [5.41, 5.74) is 0.0959. The van der Waals surface area contributed by atoms with Crippen LogP contribution in [0.1, 0.15) is 5.69 Å². The normalized spacial score (nSPS) is 14.7. The minimum atomic E-state index is -4.50. The fourth-order valence-corrected chi connectivity index (χ4v) is 2.84. The van der Waals surface area contributed by atoms with E-state index in [1.54, 1.807) is 18.3 Å². The second kappa shape index (κ2) is 7.83. The van der Waals surface area contributed by atoms with Crippen molar-refractivity contribution in [3.63, 3.8) is 0 Å². The molecule has 0 unspecified atom stereocenters. The molecule has 0 aliphatic carbocycles. The van der Waals surface area contributed by atoms with E-state index in [-0.39, 0.29) is 0 Å². The summed E-state index contributed by atoms with van der Waals surface area (Å²) in [5.74, 6) is -1.27. The molecule has 0 atom stereocenters. The second-order valence-corrected chi connectivity index (χ2v) is 6.11. The van der Waals surface area contributed by atoms with Crippen LogP contribution in [0.2, 0.25) is 0 Å². The maximum absolute atomic E-state index is 13.0. The Balaban J connectivity index is 1.72. The first kappa shape index (κ1) is 19.6. The van der Waals surface area contributed by atoms with Crippen molar-refractivity contribution in [2.24, 2.45) is 0 Å². The van der Waals surface area contributed by atoms with Gasteiger partial charge >= 0.3 is 6.18 Å². The van der Waals surface area contributed by atoms with Gasteiger partial charge in [-0.15, -0.1) is 0 Å². The molecule has 1 amide bonds. The number of carbonyl (C=O) groups is 1. The molecular weight excluding hydrogens is 378 g/mol. The average molecular weight is 395 g/mol. The molecule has 1 aliphatic heterocycles. The fourth-order valence-electron chi connectivity index (χ4n) is 2.84. The van der Waals surface area contributed by atoms with Gasteiger partial charge in [-0.2, -0.15) is 13.2 Å². The number of pyridine rings is 2. The van der Waals surface area contributed by atoms with E-state index in [4.69, 9.17) is 0 Å². The van der Waals surface area contributed by atoms with Crippen LogP contribution in [0.15, 0.2) is 49.1 Å². The van der Waals surface area contributed by atoms with E-state index in [9.17, 15) is 22.4 Å². The lowest BCUT2D eigenvalue weighted by molar-refractivity contribution is -0.141. The van der Waals surface area contributed by atoms with Crippen LogP contribution < -0.4 is 10.2 Å². The van der Waals surface area contributed by atoms with Crippen molar-refractivity contribution in [3.05, 3.63) is 54.8 Å². The van der Waals surface area contributed by atoms with E-state index in [1.807, 2.05) is 4.90 Å². The summed E-state index contributed by atoms with van der Waals surface area (Å²) in [5, 5.41) is 2.96. The summed E-state index contributed by atoms with van der Waals surface area (Å²) in [6.07, 6.45) is -1.86. The van der Waals surface area contributed by atoms with Crippen LogP contribution in [0.5, 0.6) is 0 Å². The van der Waals surface area contributed by atoms with Gasteiger partial charge in [0.25, 0.3) is 5.91 Å². The van der Waals surface area contributed by atoms with Crippen molar-refractivity contribution in [1.29, 1.82) is 0 Å². The van der Waals surface area contributed by atoms with Crippen LogP contribution in [0.3, 0.4) is 0 Å². The predicted octanol–water partition coefficient (Wildman–Crippen LogP) is 3.37. The lowest BCUT2D eigenvalue weighted by Crippen LogP contribution is -2.49. The maximum Gasteiger partial charge on any atom is 0.433 e. The summed E-state index contributed by atoms with van der Waals surface area (Å²) in [7, 11) is 0. The van der Waals surface area contributed by atoms with Crippen molar-refractivity contribution < 1.29 is 22.4 Å². The first-order chi connectivity index (χ1) is 13.3. The molecule has 1 aliphatic rings. The van der Waals surface area contributed by atoms with Crippen LogP contribution in [0, 0.1) is 0 Å². The van der Waals surface area contributed by atoms with E-state index in [1.165, 1.54) is 11.0 Å². The lowest BCUT2D eigenvalue weighted by atomic mass is 10.2. The lowest BCUT2D eigenvalue weighted by Gasteiger charge is -2.36. The monoisotopic (exact) mass is 395 g/mol. The van der Waals surface area contributed by atoms with Crippen LogP contribution in [0.4, 0.5) is 34.8 Å². The molecule has 3 heterocycles. The van der Waals surface area contributed by atoms with Gasteiger partial charge in [-0.05, 0) is 24.3 Å². The number of hydrogen-bond donors (Lipinski definition) is 1. The Bertz CT molecular complexity index is 861. The Morgan fingerprint density at radius 1 is 1.11 bits per heavy atom. The number of nitrogens with one attached hydrogen (secondary N) is 1. The molecule has 1 saturated heterocycles. The van der Waals surface area contributed by atoms with Crippen molar-refractivity contribution in [1.82, 2.24) is 14.9 Å². The van der Waals surface area contributed by atoms with Gasteiger partial charge in [0.05, 0.1) is 17.6 Å². The molecule has 0 saturated carbocycles. The van der Waals surface area contributed by atoms with Crippen LogP contribution in [-0.4, -0.2) is 47.0 Å². The van der Waals surface area contributed by atoms with Gasteiger partial charge in [0, 0.05) is 32.4 Å². The average Bonchev–Trinajstić information content (AvgIpc) is 2.68. The minimum Gasteiger partial charge on any atom is -0.365 e. The molecule has 0 bridgehead atoms. The second-order valence-electron chi connectivity index (χ2n) is 6.11. The molecule has 1 N–H and O–H groups in total. The highest BCUT2D eigenvalue weighted by atomic mass is 19.4.